The minimum Gasteiger partial charge on any atom is -0.369 e. The molecule has 0 atom stereocenters. The van der Waals surface area contributed by atoms with Crippen LogP contribution in [0.2, 0.25) is 39.3 Å². The van der Waals surface area contributed by atoms with Crippen molar-refractivity contribution < 1.29 is 0 Å². The summed E-state index contributed by atoms with van der Waals surface area (Å²) < 4.78 is 3.74. The molecule has 0 saturated heterocycles. The number of nitrogens with zero attached hydrogens (tertiary/aromatic N) is 5. The second kappa shape index (κ2) is 11.4. The third-order valence-electron chi connectivity index (χ3n) is 2.07. The van der Waals surface area contributed by atoms with Crippen LogP contribution in [0.25, 0.3) is 0 Å². The minimum atomic E-state index is -0.981. The molecule has 10 nitrogen and oxygen atoms in total. The van der Waals surface area contributed by atoms with E-state index in [1.54, 1.807) is 6.92 Å². The van der Waals surface area contributed by atoms with Gasteiger partial charge in [-0.2, -0.15) is 9.97 Å². The van der Waals surface area contributed by atoms with Crippen molar-refractivity contribution in [2.45, 2.75) is 53.6 Å². The number of rotatable bonds is 2. The first-order valence-corrected chi connectivity index (χ1v) is 14.7. The SMILES string of the molecule is C.C[Si](C)(C)N[Si](C)(C)C.Cc1ncnc(N)n1.Nc1ncnc(=O)[nH]1. The number of H-pyrrole nitrogens is 1. The molecule has 148 valence electrons. The molecule has 0 aliphatic heterocycles. The van der Waals surface area contributed by atoms with Gasteiger partial charge in [-0.25, -0.2) is 19.7 Å². The summed E-state index contributed by atoms with van der Waals surface area (Å²) in [5, 5.41) is 0. The maximum Gasteiger partial charge on any atom is 0.349 e. The van der Waals surface area contributed by atoms with Crippen LogP contribution in [0, 0.1) is 6.92 Å². The van der Waals surface area contributed by atoms with E-state index in [0.29, 0.717) is 5.82 Å². The van der Waals surface area contributed by atoms with E-state index >= 15 is 0 Å². The predicted molar refractivity (Wildman–Crippen MR) is 113 cm³/mol. The molecule has 0 aliphatic carbocycles. The largest absolute Gasteiger partial charge is 0.369 e. The maximum atomic E-state index is 10.2. The quantitative estimate of drug-likeness (QED) is 0.546. The van der Waals surface area contributed by atoms with Gasteiger partial charge in [0.15, 0.2) is 0 Å². The molecule has 2 rings (SSSR count). The number of anilines is 2. The van der Waals surface area contributed by atoms with Gasteiger partial charge < -0.3 is 16.1 Å². The summed E-state index contributed by atoms with van der Waals surface area (Å²) in [6, 6.07) is 0. The van der Waals surface area contributed by atoms with Gasteiger partial charge in [0.2, 0.25) is 11.9 Å². The average molecular weight is 400 g/mol. The lowest BCUT2D eigenvalue weighted by Gasteiger charge is -2.28. The van der Waals surface area contributed by atoms with Gasteiger partial charge in [0.25, 0.3) is 0 Å². The Balaban J connectivity index is 0. The number of nitrogens with one attached hydrogen (secondary N) is 2. The Morgan fingerprint density at radius 3 is 1.65 bits per heavy atom. The van der Waals surface area contributed by atoms with Gasteiger partial charge in [0.1, 0.15) is 34.9 Å². The van der Waals surface area contributed by atoms with E-state index in [0.717, 1.165) is 6.33 Å². The summed E-state index contributed by atoms with van der Waals surface area (Å²) in [4.78, 5) is 30.1. The van der Waals surface area contributed by atoms with Gasteiger partial charge in [0.05, 0.1) is 0 Å². The minimum absolute atomic E-state index is 0. The predicted octanol–water partition coefficient (Wildman–Crippen LogP) is 1.39. The second-order valence-corrected chi connectivity index (χ2v) is 17.2. The van der Waals surface area contributed by atoms with Crippen molar-refractivity contribution in [1.82, 2.24) is 34.6 Å². The van der Waals surface area contributed by atoms with Crippen molar-refractivity contribution in [2.24, 2.45) is 0 Å². The number of aryl methyl sites for hydroxylation is 1. The second-order valence-electron chi connectivity index (χ2n) is 7.20. The third kappa shape index (κ3) is 16.7. The normalized spacial score (nSPS) is 10.4. The molecule has 0 saturated carbocycles. The highest BCUT2D eigenvalue weighted by atomic mass is 28.4. The highest BCUT2D eigenvalue weighted by Gasteiger charge is 2.22. The number of hydrogen-bond donors (Lipinski definition) is 4. The fourth-order valence-electron chi connectivity index (χ4n) is 1.84. The van der Waals surface area contributed by atoms with Crippen LogP contribution in [-0.2, 0) is 0 Å². The van der Waals surface area contributed by atoms with E-state index < -0.39 is 22.2 Å². The first-order chi connectivity index (χ1) is 11.3. The van der Waals surface area contributed by atoms with Gasteiger partial charge in [0, 0.05) is 0 Å². The van der Waals surface area contributed by atoms with Crippen LogP contribution in [0.4, 0.5) is 11.9 Å². The fraction of sp³-hybridized carbons (Fsp3) is 0.571. The van der Waals surface area contributed by atoms with Crippen LogP contribution in [0.15, 0.2) is 17.4 Å². The Morgan fingerprint density at radius 1 is 0.923 bits per heavy atom. The molecule has 0 aromatic carbocycles. The third-order valence-corrected chi connectivity index (χ3v) is 8.07. The van der Waals surface area contributed by atoms with Crippen molar-refractivity contribution >= 4 is 28.4 Å². The summed E-state index contributed by atoms with van der Waals surface area (Å²) in [5.41, 5.74) is 9.77. The van der Waals surface area contributed by atoms with Crippen LogP contribution in [0.3, 0.4) is 0 Å². The molecule has 26 heavy (non-hydrogen) atoms. The molecule has 0 radical (unpaired) electrons. The fourth-order valence-corrected chi connectivity index (χ4v) is 10.8. The summed E-state index contributed by atoms with van der Waals surface area (Å²) in [5.74, 6) is 1.01. The molecule has 0 spiro atoms. The van der Waals surface area contributed by atoms with Crippen LogP contribution < -0.4 is 21.8 Å². The molecule has 0 amide bonds. The summed E-state index contributed by atoms with van der Waals surface area (Å²) in [6.45, 7) is 15.9. The van der Waals surface area contributed by atoms with E-state index in [9.17, 15) is 4.79 Å². The molecule has 0 fully saturated rings. The summed E-state index contributed by atoms with van der Waals surface area (Å²) >= 11 is 0. The molecule has 12 heteroatoms. The van der Waals surface area contributed by atoms with Gasteiger partial charge >= 0.3 is 5.69 Å². The molecule has 2 heterocycles. The number of nitrogens with two attached hydrogens (primary N) is 2. The zero-order valence-electron chi connectivity index (χ0n) is 16.0. The summed E-state index contributed by atoms with van der Waals surface area (Å²) in [6.07, 6.45) is 2.49. The Morgan fingerprint density at radius 2 is 1.42 bits per heavy atom. The monoisotopic (exact) mass is 399 g/mol. The lowest BCUT2D eigenvalue weighted by Crippen LogP contribution is -2.55. The Bertz CT molecular complexity index is 666. The molecule has 2 aromatic rings. The van der Waals surface area contributed by atoms with E-state index in [-0.39, 0.29) is 19.3 Å². The Hall–Kier alpha value is -2.19. The molecule has 0 aliphatic rings. The van der Waals surface area contributed by atoms with Crippen LogP contribution in [-0.4, -0.2) is 46.4 Å². The van der Waals surface area contributed by atoms with Gasteiger partial charge in [-0.15, -0.1) is 0 Å². The molecule has 0 bridgehead atoms. The van der Waals surface area contributed by atoms with Crippen LogP contribution in [0.1, 0.15) is 13.3 Å². The number of nitrogen functional groups attached to an aromatic ring is 2. The molecule has 2 aromatic heterocycles. The van der Waals surface area contributed by atoms with Crippen LogP contribution >= 0.6 is 0 Å². The zero-order valence-corrected chi connectivity index (χ0v) is 18.0. The number of hydrogen-bond acceptors (Lipinski definition) is 9. The summed E-state index contributed by atoms with van der Waals surface area (Å²) in [7, 11) is -1.96. The lowest BCUT2D eigenvalue weighted by atomic mass is 10.7. The first kappa shape index (κ1) is 26.0. The van der Waals surface area contributed by atoms with Crippen molar-refractivity contribution in [3.63, 3.8) is 0 Å². The Labute approximate surface area is 157 Å². The highest BCUT2D eigenvalue weighted by Crippen LogP contribution is 2.02. The van der Waals surface area contributed by atoms with E-state index in [2.05, 4.69) is 73.8 Å². The molecular formula is C14H33N9OSi2. The topological polar surface area (TPSA) is 161 Å². The zero-order chi connectivity index (χ0) is 19.7. The first-order valence-electron chi connectivity index (χ1n) is 7.66. The van der Waals surface area contributed by atoms with Gasteiger partial charge in [-0.3, -0.25) is 4.98 Å². The highest BCUT2D eigenvalue weighted by molar-refractivity contribution is 6.90. The van der Waals surface area contributed by atoms with E-state index in [1.165, 1.54) is 6.33 Å². The lowest BCUT2D eigenvalue weighted by molar-refractivity contribution is 0.988. The molecule has 0 unspecified atom stereocenters. The number of aromatic nitrogens is 6. The smallest absolute Gasteiger partial charge is 0.349 e. The van der Waals surface area contributed by atoms with E-state index in [4.69, 9.17) is 11.5 Å². The van der Waals surface area contributed by atoms with Crippen molar-refractivity contribution in [3.05, 3.63) is 29.0 Å². The van der Waals surface area contributed by atoms with Gasteiger partial charge in [-0.1, -0.05) is 46.7 Å². The van der Waals surface area contributed by atoms with E-state index in [1.807, 2.05) is 0 Å². The maximum absolute atomic E-state index is 10.2. The molecule has 6 N–H and O–H groups in total. The van der Waals surface area contributed by atoms with Crippen LogP contribution in [0.5, 0.6) is 0 Å². The standard InChI is InChI=1S/C6H19NSi2.C4H6N4.C3H4N4O.CH4/c1-8(2,3)7-9(4,5)6;1-3-6-2-7-4(5)8-3;4-2-5-1-6-3(8)7-2;/h7H,1-6H3;2H,1H3,(H2,5,6,7,8);1H,(H3,4,5,6,7,8);1H4. The number of aromatic amines is 1. The van der Waals surface area contributed by atoms with Crippen molar-refractivity contribution in [3.8, 4) is 0 Å². The van der Waals surface area contributed by atoms with Gasteiger partial charge in [-0.05, 0) is 6.92 Å². The average Bonchev–Trinajstić information content (AvgIpc) is 2.34. The Kier molecular flexibility index (Phi) is 11.5. The van der Waals surface area contributed by atoms with Crippen molar-refractivity contribution in [1.29, 1.82) is 0 Å². The molecular weight excluding hydrogens is 366 g/mol. The van der Waals surface area contributed by atoms with Crippen molar-refractivity contribution in [2.75, 3.05) is 11.5 Å².